The molecular formula is C15H31N. The van der Waals surface area contributed by atoms with Crippen molar-refractivity contribution < 1.29 is 0 Å². The monoisotopic (exact) mass is 225 g/mol. The van der Waals surface area contributed by atoms with Crippen molar-refractivity contribution in [2.45, 2.75) is 78.2 Å². The van der Waals surface area contributed by atoms with Crippen LogP contribution in [0.1, 0.15) is 72.1 Å². The van der Waals surface area contributed by atoms with E-state index >= 15 is 0 Å². The quantitative estimate of drug-likeness (QED) is 0.678. The van der Waals surface area contributed by atoms with Gasteiger partial charge in [0.15, 0.2) is 0 Å². The molecule has 1 nitrogen and oxygen atoms in total. The number of hydrogen-bond donors (Lipinski definition) is 1. The molecule has 1 heteroatoms. The third-order valence-corrected chi connectivity index (χ3v) is 4.29. The third kappa shape index (κ3) is 5.34. The van der Waals surface area contributed by atoms with Crippen LogP contribution < -0.4 is 5.32 Å². The molecule has 0 heterocycles. The molecule has 1 aliphatic rings. The Morgan fingerprint density at radius 3 is 2.25 bits per heavy atom. The molecule has 0 aliphatic heterocycles. The Kier molecular flexibility index (Phi) is 7.11. The summed E-state index contributed by atoms with van der Waals surface area (Å²) in [7, 11) is 0. The van der Waals surface area contributed by atoms with E-state index in [2.05, 4.69) is 26.1 Å². The van der Waals surface area contributed by atoms with Crippen LogP contribution in [0.15, 0.2) is 0 Å². The van der Waals surface area contributed by atoms with E-state index in [1.807, 2.05) is 0 Å². The molecular weight excluding hydrogens is 194 g/mol. The van der Waals surface area contributed by atoms with Crippen LogP contribution >= 0.6 is 0 Å². The largest absolute Gasteiger partial charge is 0.314 e. The normalized spacial score (nSPS) is 27.9. The van der Waals surface area contributed by atoms with Crippen LogP contribution in [0.3, 0.4) is 0 Å². The van der Waals surface area contributed by atoms with Crippen LogP contribution in [-0.2, 0) is 0 Å². The van der Waals surface area contributed by atoms with Crippen molar-refractivity contribution in [1.82, 2.24) is 5.32 Å². The maximum Gasteiger partial charge on any atom is 0.00388 e. The fraction of sp³-hybridized carbons (Fsp3) is 1.00. The highest BCUT2D eigenvalue weighted by molar-refractivity contribution is 4.73. The molecule has 1 fully saturated rings. The summed E-state index contributed by atoms with van der Waals surface area (Å²) in [5.41, 5.74) is 0. The Hall–Kier alpha value is -0.0400. The average molecular weight is 225 g/mol. The van der Waals surface area contributed by atoms with Gasteiger partial charge in [0.25, 0.3) is 0 Å². The summed E-state index contributed by atoms with van der Waals surface area (Å²) in [4.78, 5) is 0. The highest BCUT2D eigenvalue weighted by atomic mass is 14.9. The maximum absolute atomic E-state index is 3.59. The van der Waals surface area contributed by atoms with Crippen molar-refractivity contribution >= 4 is 0 Å². The van der Waals surface area contributed by atoms with Crippen LogP contribution in [0, 0.1) is 11.8 Å². The topological polar surface area (TPSA) is 12.0 Å². The van der Waals surface area contributed by atoms with Gasteiger partial charge in [-0.3, -0.25) is 0 Å². The van der Waals surface area contributed by atoms with Gasteiger partial charge in [0.05, 0.1) is 0 Å². The van der Waals surface area contributed by atoms with Crippen molar-refractivity contribution in [3.63, 3.8) is 0 Å². The first kappa shape index (κ1) is 14.0. The highest BCUT2D eigenvalue weighted by Gasteiger charge is 2.19. The molecule has 1 N–H and O–H groups in total. The third-order valence-electron chi connectivity index (χ3n) is 4.29. The number of hydrogen-bond acceptors (Lipinski definition) is 1. The van der Waals surface area contributed by atoms with E-state index in [4.69, 9.17) is 0 Å². The van der Waals surface area contributed by atoms with Gasteiger partial charge in [0.2, 0.25) is 0 Å². The maximum atomic E-state index is 3.59. The summed E-state index contributed by atoms with van der Waals surface area (Å²) in [5, 5.41) is 3.59. The fourth-order valence-corrected chi connectivity index (χ4v) is 2.91. The molecule has 0 radical (unpaired) electrons. The lowest BCUT2D eigenvalue weighted by Gasteiger charge is -2.28. The van der Waals surface area contributed by atoms with Crippen molar-refractivity contribution in [3.8, 4) is 0 Å². The zero-order valence-corrected chi connectivity index (χ0v) is 11.6. The van der Waals surface area contributed by atoms with Crippen LogP contribution in [-0.4, -0.2) is 12.6 Å². The van der Waals surface area contributed by atoms with Gasteiger partial charge in [-0.2, -0.15) is 0 Å². The summed E-state index contributed by atoms with van der Waals surface area (Å²) in [6.45, 7) is 8.12. The Bertz CT molecular complexity index is 159. The Balaban J connectivity index is 2.05. The first-order valence-electron chi connectivity index (χ1n) is 7.49. The Morgan fingerprint density at radius 1 is 1.06 bits per heavy atom. The molecule has 0 saturated heterocycles. The minimum atomic E-state index is 0.726. The van der Waals surface area contributed by atoms with E-state index in [1.165, 1.54) is 57.9 Å². The predicted molar refractivity (Wildman–Crippen MR) is 72.7 cm³/mol. The average Bonchev–Trinajstić information content (AvgIpc) is 2.34. The molecule has 0 bridgehead atoms. The van der Waals surface area contributed by atoms with Crippen molar-refractivity contribution in [1.29, 1.82) is 0 Å². The molecule has 0 aromatic heterocycles. The first-order valence-corrected chi connectivity index (χ1v) is 7.49. The van der Waals surface area contributed by atoms with E-state index in [9.17, 15) is 0 Å². The molecule has 1 aliphatic carbocycles. The molecule has 0 aromatic carbocycles. The molecule has 96 valence electrons. The molecule has 0 amide bonds. The predicted octanol–water partition coefficient (Wildman–Crippen LogP) is 4.37. The summed E-state index contributed by atoms with van der Waals surface area (Å²) in [6, 6.07) is 0.726. The summed E-state index contributed by atoms with van der Waals surface area (Å²) in [6.07, 6.45) is 11.5. The molecule has 1 atom stereocenters. The molecule has 1 rings (SSSR count). The zero-order valence-electron chi connectivity index (χ0n) is 11.6. The summed E-state index contributed by atoms with van der Waals surface area (Å²) in [5.74, 6) is 2.08. The summed E-state index contributed by atoms with van der Waals surface area (Å²) < 4.78 is 0. The SMILES string of the molecule is CCCNC(C)CCC1CCC(CC)CC1. The lowest BCUT2D eigenvalue weighted by atomic mass is 9.79. The smallest absolute Gasteiger partial charge is 0.00388 e. The highest BCUT2D eigenvalue weighted by Crippen LogP contribution is 2.33. The second kappa shape index (κ2) is 8.11. The van der Waals surface area contributed by atoms with Gasteiger partial charge in [-0.05, 0) is 44.6 Å². The molecule has 0 spiro atoms. The number of rotatable bonds is 7. The molecule has 1 saturated carbocycles. The van der Waals surface area contributed by atoms with Crippen LogP contribution in [0.5, 0.6) is 0 Å². The van der Waals surface area contributed by atoms with Crippen LogP contribution in [0.4, 0.5) is 0 Å². The standard InChI is InChI=1S/C15H31N/c1-4-12-16-13(3)6-7-15-10-8-14(5-2)9-11-15/h13-16H,4-12H2,1-3H3. The lowest BCUT2D eigenvalue weighted by Crippen LogP contribution is -2.27. The Morgan fingerprint density at radius 2 is 1.69 bits per heavy atom. The Labute approximate surface area is 102 Å². The van der Waals surface area contributed by atoms with E-state index in [0.29, 0.717) is 0 Å². The van der Waals surface area contributed by atoms with Crippen LogP contribution in [0.25, 0.3) is 0 Å². The lowest BCUT2D eigenvalue weighted by molar-refractivity contribution is 0.249. The van der Waals surface area contributed by atoms with Gasteiger partial charge in [-0.1, -0.05) is 46.0 Å². The van der Waals surface area contributed by atoms with Gasteiger partial charge >= 0.3 is 0 Å². The fourth-order valence-electron chi connectivity index (χ4n) is 2.91. The van der Waals surface area contributed by atoms with E-state index < -0.39 is 0 Å². The molecule has 16 heavy (non-hydrogen) atoms. The zero-order chi connectivity index (χ0) is 11.8. The molecule has 1 unspecified atom stereocenters. The minimum absolute atomic E-state index is 0.726. The van der Waals surface area contributed by atoms with Gasteiger partial charge in [0, 0.05) is 6.04 Å². The van der Waals surface area contributed by atoms with Crippen LogP contribution in [0.2, 0.25) is 0 Å². The van der Waals surface area contributed by atoms with E-state index in [0.717, 1.165) is 17.9 Å². The van der Waals surface area contributed by atoms with Gasteiger partial charge in [-0.25, -0.2) is 0 Å². The van der Waals surface area contributed by atoms with Gasteiger partial charge in [-0.15, -0.1) is 0 Å². The van der Waals surface area contributed by atoms with Crippen molar-refractivity contribution in [2.75, 3.05) is 6.54 Å². The number of nitrogens with one attached hydrogen (secondary N) is 1. The minimum Gasteiger partial charge on any atom is -0.314 e. The molecule has 0 aromatic rings. The van der Waals surface area contributed by atoms with Crippen molar-refractivity contribution in [2.24, 2.45) is 11.8 Å². The second-order valence-electron chi connectivity index (χ2n) is 5.73. The first-order chi connectivity index (χ1) is 7.76. The van der Waals surface area contributed by atoms with Gasteiger partial charge < -0.3 is 5.32 Å². The van der Waals surface area contributed by atoms with Gasteiger partial charge in [0.1, 0.15) is 0 Å². The van der Waals surface area contributed by atoms with Crippen molar-refractivity contribution in [3.05, 3.63) is 0 Å². The van der Waals surface area contributed by atoms with E-state index in [1.54, 1.807) is 0 Å². The van der Waals surface area contributed by atoms with E-state index in [-0.39, 0.29) is 0 Å². The summed E-state index contributed by atoms with van der Waals surface area (Å²) >= 11 is 0. The second-order valence-corrected chi connectivity index (χ2v) is 5.73.